The minimum Gasteiger partial charge on any atom is -0.402 e. The van der Waals surface area contributed by atoms with Crippen molar-refractivity contribution in [2.24, 2.45) is 0 Å². The Morgan fingerprint density at radius 1 is 0.640 bits per heavy atom. The molecule has 0 unspecified atom stereocenters. The quantitative estimate of drug-likeness (QED) is 0.515. The zero-order valence-corrected chi connectivity index (χ0v) is 14.0. The molecule has 3 rings (SSSR count). The van der Waals surface area contributed by atoms with E-state index >= 15 is 0 Å². The van der Waals surface area contributed by atoms with Crippen molar-refractivity contribution in [1.29, 1.82) is 0 Å². The standard InChI is InChI=1S/C21H21BO3/c23-22(24)25-17-16-21(18-10-4-1-5-11-18,19-12-6-2-7-13-19)20-14-8-3-9-15-20/h1-15,23-24H,16-17H2. The van der Waals surface area contributed by atoms with E-state index < -0.39 is 12.7 Å². The van der Waals surface area contributed by atoms with Crippen LogP contribution in [0.15, 0.2) is 91.0 Å². The second kappa shape index (κ2) is 8.12. The summed E-state index contributed by atoms with van der Waals surface area (Å²) in [5.74, 6) is 0. The first-order valence-corrected chi connectivity index (χ1v) is 8.38. The van der Waals surface area contributed by atoms with Crippen LogP contribution in [0.25, 0.3) is 0 Å². The van der Waals surface area contributed by atoms with E-state index in [4.69, 9.17) is 14.7 Å². The fourth-order valence-corrected chi connectivity index (χ4v) is 3.42. The average molecular weight is 332 g/mol. The lowest BCUT2D eigenvalue weighted by Crippen LogP contribution is -2.32. The van der Waals surface area contributed by atoms with E-state index in [0.717, 1.165) is 16.7 Å². The van der Waals surface area contributed by atoms with Crippen LogP contribution in [0.1, 0.15) is 23.1 Å². The van der Waals surface area contributed by atoms with Gasteiger partial charge in [0, 0.05) is 12.0 Å². The molecule has 0 bridgehead atoms. The maximum absolute atomic E-state index is 9.09. The van der Waals surface area contributed by atoms with Crippen LogP contribution in [0.5, 0.6) is 0 Å². The Morgan fingerprint density at radius 3 is 1.32 bits per heavy atom. The first kappa shape index (κ1) is 17.4. The molecular formula is C21H21BO3. The Bertz CT molecular complexity index is 664. The van der Waals surface area contributed by atoms with Crippen LogP contribution in [-0.2, 0) is 10.1 Å². The summed E-state index contributed by atoms with van der Waals surface area (Å²) in [5.41, 5.74) is 2.99. The van der Waals surface area contributed by atoms with Gasteiger partial charge in [-0.3, -0.25) is 0 Å². The molecule has 0 fully saturated rings. The summed E-state index contributed by atoms with van der Waals surface area (Å²) in [6, 6.07) is 30.8. The van der Waals surface area contributed by atoms with Gasteiger partial charge >= 0.3 is 7.32 Å². The monoisotopic (exact) mass is 332 g/mol. The number of rotatable bonds is 7. The largest absolute Gasteiger partial charge is 0.633 e. The third-order valence-corrected chi connectivity index (χ3v) is 4.54. The second-order valence-electron chi connectivity index (χ2n) is 5.95. The summed E-state index contributed by atoms with van der Waals surface area (Å²) in [6.45, 7) is 0.219. The molecule has 25 heavy (non-hydrogen) atoms. The maximum Gasteiger partial charge on any atom is 0.633 e. The van der Waals surface area contributed by atoms with E-state index in [0.29, 0.717) is 6.42 Å². The van der Waals surface area contributed by atoms with Crippen LogP contribution < -0.4 is 0 Å². The zero-order chi connectivity index (χ0) is 17.5. The lowest BCUT2D eigenvalue weighted by molar-refractivity contribution is 0.175. The number of hydrogen-bond acceptors (Lipinski definition) is 3. The van der Waals surface area contributed by atoms with Crippen LogP contribution in [0.2, 0.25) is 0 Å². The molecule has 0 saturated heterocycles. The Labute approximate surface area is 148 Å². The van der Waals surface area contributed by atoms with Crippen LogP contribution in [-0.4, -0.2) is 24.0 Å². The molecular weight excluding hydrogens is 311 g/mol. The Hall–Kier alpha value is -2.40. The van der Waals surface area contributed by atoms with Crippen LogP contribution >= 0.6 is 0 Å². The van der Waals surface area contributed by atoms with Crippen molar-refractivity contribution < 1.29 is 14.7 Å². The van der Waals surface area contributed by atoms with E-state index in [1.165, 1.54) is 0 Å². The van der Waals surface area contributed by atoms with Gasteiger partial charge in [0.05, 0.1) is 0 Å². The normalized spacial score (nSPS) is 11.3. The van der Waals surface area contributed by atoms with Gasteiger partial charge in [0.25, 0.3) is 0 Å². The third-order valence-electron chi connectivity index (χ3n) is 4.54. The smallest absolute Gasteiger partial charge is 0.402 e. The van der Waals surface area contributed by atoms with Crippen molar-refractivity contribution in [2.45, 2.75) is 11.8 Å². The highest BCUT2D eigenvalue weighted by atomic mass is 16.6. The van der Waals surface area contributed by atoms with E-state index in [1.807, 2.05) is 54.6 Å². The molecule has 0 spiro atoms. The van der Waals surface area contributed by atoms with Crippen molar-refractivity contribution in [3.63, 3.8) is 0 Å². The van der Waals surface area contributed by atoms with E-state index in [1.54, 1.807) is 0 Å². The first-order valence-electron chi connectivity index (χ1n) is 8.38. The molecule has 0 aliphatic rings. The molecule has 3 nitrogen and oxygen atoms in total. The molecule has 0 atom stereocenters. The summed E-state index contributed by atoms with van der Waals surface area (Å²) in [5, 5.41) is 18.2. The van der Waals surface area contributed by atoms with E-state index in [2.05, 4.69) is 36.4 Å². The van der Waals surface area contributed by atoms with Gasteiger partial charge in [-0.05, 0) is 23.1 Å². The lowest BCUT2D eigenvalue weighted by atomic mass is 9.67. The van der Waals surface area contributed by atoms with Crippen LogP contribution in [0.3, 0.4) is 0 Å². The van der Waals surface area contributed by atoms with E-state index in [9.17, 15) is 0 Å². The molecule has 3 aromatic rings. The van der Waals surface area contributed by atoms with Gasteiger partial charge in [-0.1, -0.05) is 91.0 Å². The maximum atomic E-state index is 9.09. The molecule has 0 amide bonds. The second-order valence-corrected chi connectivity index (χ2v) is 5.95. The van der Waals surface area contributed by atoms with Crippen molar-refractivity contribution in [1.82, 2.24) is 0 Å². The predicted molar refractivity (Wildman–Crippen MR) is 100.0 cm³/mol. The van der Waals surface area contributed by atoms with Crippen molar-refractivity contribution in [3.05, 3.63) is 108 Å². The predicted octanol–water partition coefficient (Wildman–Crippen LogP) is 3.40. The Morgan fingerprint density at radius 2 is 1.00 bits per heavy atom. The molecule has 3 aromatic carbocycles. The third kappa shape index (κ3) is 3.82. The summed E-state index contributed by atoms with van der Waals surface area (Å²) in [4.78, 5) is 0. The van der Waals surface area contributed by atoms with Crippen molar-refractivity contribution >= 4 is 7.32 Å². The van der Waals surface area contributed by atoms with Gasteiger partial charge in [-0.2, -0.15) is 0 Å². The minimum absolute atomic E-state index is 0.219. The molecule has 2 N–H and O–H groups in total. The molecule has 0 saturated carbocycles. The van der Waals surface area contributed by atoms with Gasteiger partial charge < -0.3 is 14.7 Å². The molecule has 0 aliphatic heterocycles. The lowest BCUT2D eigenvalue weighted by Gasteiger charge is -2.36. The molecule has 0 heterocycles. The molecule has 0 radical (unpaired) electrons. The highest BCUT2D eigenvalue weighted by Gasteiger charge is 2.36. The summed E-state index contributed by atoms with van der Waals surface area (Å²) < 4.78 is 5.07. The topological polar surface area (TPSA) is 49.7 Å². The fourth-order valence-electron chi connectivity index (χ4n) is 3.42. The summed E-state index contributed by atoms with van der Waals surface area (Å²) >= 11 is 0. The van der Waals surface area contributed by atoms with Gasteiger partial charge in [-0.25, -0.2) is 0 Å². The minimum atomic E-state index is -1.76. The van der Waals surface area contributed by atoms with Gasteiger partial charge in [0.15, 0.2) is 0 Å². The van der Waals surface area contributed by atoms with Crippen LogP contribution in [0, 0.1) is 0 Å². The summed E-state index contributed by atoms with van der Waals surface area (Å²) in [7, 11) is -1.76. The van der Waals surface area contributed by atoms with Gasteiger partial charge in [0.1, 0.15) is 0 Å². The molecule has 126 valence electrons. The van der Waals surface area contributed by atoms with Gasteiger partial charge in [0.2, 0.25) is 0 Å². The Balaban J connectivity index is 2.16. The highest BCUT2D eigenvalue weighted by Crippen LogP contribution is 2.42. The molecule has 4 heteroatoms. The van der Waals surface area contributed by atoms with Crippen LogP contribution in [0.4, 0.5) is 0 Å². The van der Waals surface area contributed by atoms with E-state index in [-0.39, 0.29) is 6.61 Å². The van der Waals surface area contributed by atoms with Crippen molar-refractivity contribution in [3.8, 4) is 0 Å². The van der Waals surface area contributed by atoms with Crippen molar-refractivity contribution in [2.75, 3.05) is 6.61 Å². The summed E-state index contributed by atoms with van der Waals surface area (Å²) in [6.07, 6.45) is 0.586. The fraction of sp³-hybridized carbons (Fsp3) is 0.143. The Kier molecular flexibility index (Phi) is 5.66. The SMILES string of the molecule is OB(O)OCCC(c1ccccc1)(c1ccccc1)c1ccccc1. The molecule has 0 aliphatic carbocycles. The average Bonchev–Trinajstić information content (AvgIpc) is 2.67. The van der Waals surface area contributed by atoms with Gasteiger partial charge in [-0.15, -0.1) is 0 Å². The first-order chi connectivity index (χ1) is 12.2. The number of benzene rings is 3. The number of hydrogen-bond donors (Lipinski definition) is 2. The highest BCUT2D eigenvalue weighted by molar-refractivity contribution is 6.32. The zero-order valence-electron chi connectivity index (χ0n) is 14.0. The molecule has 0 aromatic heterocycles.